The Kier molecular flexibility index (Phi) is 7.58. The van der Waals surface area contributed by atoms with Crippen LogP contribution in [0.5, 0.6) is 0 Å². The van der Waals surface area contributed by atoms with E-state index in [0.29, 0.717) is 0 Å². The number of alkyl halides is 1. The van der Waals surface area contributed by atoms with E-state index >= 15 is 0 Å². The zero-order valence-corrected chi connectivity index (χ0v) is 14.5. The molecule has 1 rings (SSSR count). The van der Waals surface area contributed by atoms with Crippen LogP contribution in [0.4, 0.5) is 0 Å². The largest absolute Gasteiger partial charge is 0.0928 e. The first-order chi connectivity index (χ1) is 7.99. The Morgan fingerprint density at radius 1 is 1.06 bits per heavy atom. The van der Waals surface area contributed by atoms with Gasteiger partial charge in [0.05, 0.1) is 45.3 Å². The van der Waals surface area contributed by atoms with Crippen LogP contribution in [0.3, 0.4) is 0 Å². The van der Waals surface area contributed by atoms with E-state index < -0.39 is 0 Å². The third-order valence-corrected chi connectivity index (χ3v) is 5.62. The van der Waals surface area contributed by atoms with Crippen molar-refractivity contribution in [3.05, 3.63) is 0 Å². The molecule has 1 heterocycles. The van der Waals surface area contributed by atoms with Crippen molar-refractivity contribution in [3.63, 3.8) is 0 Å². The van der Waals surface area contributed by atoms with Crippen LogP contribution in [0.15, 0.2) is 0 Å². The maximum Gasteiger partial charge on any atom is 0.0928 e. The number of halogens is 1. The van der Waals surface area contributed by atoms with Gasteiger partial charge in [-0.25, -0.2) is 0 Å². The molecule has 1 aliphatic rings. The maximum atomic E-state index is 2.50. The van der Waals surface area contributed by atoms with Crippen molar-refractivity contribution in [2.24, 2.45) is 0 Å². The first-order valence-corrected chi connectivity index (χ1v) is 9.07. The molecule has 0 bridgehead atoms. The first kappa shape index (κ1) is 16.4. The molecular formula is C6H21B10I. The normalized spacial score (nSPS) is 17.7. The highest BCUT2D eigenvalue weighted by Crippen LogP contribution is 2.43. The van der Waals surface area contributed by atoms with Gasteiger partial charge in [-0.1, -0.05) is 47.6 Å². The monoisotopic (exact) mass is 330 g/mol. The lowest BCUT2D eigenvalue weighted by molar-refractivity contribution is 0.741. The Bertz CT molecular complexity index is 225. The molecule has 82 valence electrons. The highest BCUT2D eigenvalue weighted by Gasteiger charge is 2.49. The fourth-order valence-corrected chi connectivity index (χ4v) is 4.05. The molecule has 0 aromatic carbocycles. The van der Waals surface area contributed by atoms with Gasteiger partial charge in [-0.3, -0.25) is 0 Å². The minimum atomic E-state index is 0.845. The van der Waals surface area contributed by atoms with E-state index in [2.05, 4.69) is 61.3 Å². The van der Waals surface area contributed by atoms with Crippen LogP contribution in [0, 0.1) is 0 Å². The quantitative estimate of drug-likeness (QED) is 0.187. The van der Waals surface area contributed by atoms with Crippen LogP contribution in [0.2, 0.25) is 12.1 Å². The minimum Gasteiger partial charge on any atom is -0.0864 e. The fourth-order valence-electron chi connectivity index (χ4n) is 3.51. The van der Waals surface area contributed by atoms with Crippen molar-refractivity contribution in [1.82, 2.24) is 0 Å². The van der Waals surface area contributed by atoms with Crippen molar-refractivity contribution < 1.29 is 0 Å². The van der Waals surface area contributed by atoms with Gasteiger partial charge in [-0.05, 0) is 10.8 Å². The van der Waals surface area contributed by atoms with E-state index in [1.807, 2.05) is 0 Å². The summed E-state index contributed by atoms with van der Waals surface area (Å²) in [5.74, 6) is 1.08. The third kappa shape index (κ3) is 5.10. The Morgan fingerprint density at radius 2 is 1.71 bits per heavy atom. The van der Waals surface area contributed by atoms with Gasteiger partial charge >= 0.3 is 0 Å². The number of rotatable bonds is 8. The van der Waals surface area contributed by atoms with E-state index in [4.69, 9.17) is 0 Å². The van der Waals surface area contributed by atoms with Crippen LogP contribution in [-0.2, 0) is 0 Å². The van der Waals surface area contributed by atoms with Gasteiger partial charge in [0.2, 0.25) is 0 Å². The number of hydrogen-bond acceptors (Lipinski definition) is 0. The summed E-state index contributed by atoms with van der Waals surface area (Å²) in [6.07, 6.45) is 9.50. The van der Waals surface area contributed by atoms with E-state index in [-0.39, 0.29) is 0 Å². The second-order valence-electron chi connectivity index (χ2n) is 6.77. The summed E-state index contributed by atoms with van der Waals surface area (Å²) in [6.45, 7) is 1.06. The Hall–Kier alpha value is 1.38. The van der Waals surface area contributed by atoms with E-state index in [1.165, 1.54) is 30.0 Å². The zero-order chi connectivity index (χ0) is 13.0. The molecule has 17 heavy (non-hydrogen) atoms. The minimum absolute atomic E-state index is 0.845. The van der Waals surface area contributed by atoms with Gasteiger partial charge in [-0.15, -0.1) is 0 Å². The van der Waals surface area contributed by atoms with Crippen molar-refractivity contribution in [2.75, 3.05) is 4.43 Å². The van der Waals surface area contributed by atoms with Crippen molar-refractivity contribution >= 4 is 93.4 Å². The van der Waals surface area contributed by atoms with Crippen molar-refractivity contribution in [1.29, 1.82) is 0 Å². The molecule has 1 fully saturated rings. The molecule has 1 saturated heterocycles. The average molecular weight is 328 g/mol. The highest BCUT2D eigenvalue weighted by molar-refractivity contribution is 14.1. The van der Waals surface area contributed by atoms with Gasteiger partial charge in [0, 0.05) is 25.5 Å². The van der Waals surface area contributed by atoms with Gasteiger partial charge in [0.15, 0.2) is 0 Å². The van der Waals surface area contributed by atoms with E-state index in [0.717, 1.165) is 38.0 Å². The molecule has 1 aliphatic heterocycles. The Morgan fingerprint density at radius 3 is 2.18 bits per heavy atom. The summed E-state index contributed by atoms with van der Waals surface area (Å²) >= 11 is 2.50. The second-order valence-corrected chi connectivity index (χ2v) is 7.85. The van der Waals surface area contributed by atoms with Crippen LogP contribution < -0.4 is 0 Å². The molecule has 0 saturated carbocycles. The molecule has 1 atom stereocenters. The number of hydrogen-bond donors (Lipinski definition) is 0. The summed E-state index contributed by atoms with van der Waals surface area (Å²) in [5.41, 5.74) is 0. The molecular weight excluding hydrogens is 307 g/mol. The van der Waals surface area contributed by atoms with Gasteiger partial charge in [0.25, 0.3) is 0 Å². The van der Waals surface area contributed by atoms with Crippen LogP contribution in [-0.4, -0.2) is 75.3 Å². The zero-order valence-electron chi connectivity index (χ0n) is 12.4. The molecule has 0 N–H and O–H groups in total. The molecule has 0 aliphatic carbocycles. The summed E-state index contributed by atoms with van der Waals surface area (Å²) < 4.78 is 1.34. The summed E-state index contributed by atoms with van der Waals surface area (Å²) in [4.78, 5) is 0. The standard InChI is InChI=1S/C6H21B10I/c7-13(8)15(11)16(14(9)10)12-5-6(12)3-1-2-4-17/h6H,1-5,7-11H2. The van der Waals surface area contributed by atoms with Crippen molar-refractivity contribution in [2.45, 2.75) is 31.4 Å². The predicted molar refractivity (Wildman–Crippen MR) is 113 cm³/mol. The summed E-state index contributed by atoms with van der Waals surface area (Å²) in [5, 5.41) is 0. The summed E-state index contributed by atoms with van der Waals surface area (Å²) in [6, 6.07) is 0. The van der Waals surface area contributed by atoms with E-state index in [9.17, 15) is 0 Å². The second kappa shape index (κ2) is 7.84. The SMILES string of the molecule is BB(B)B(B)B(B(B)B)B1CC1CCCCI. The topological polar surface area (TPSA) is 0 Å². The number of unbranched alkanes of at least 4 members (excludes halogenated alkanes) is 1. The molecule has 11 heteroatoms. The van der Waals surface area contributed by atoms with Crippen LogP contribution in [0.1, 0.15) is 19.3 Å². The molecule has 0 spiro atoms. The van der Waals surface area contributed by atoms with Gasteiger partial charge in [-0.2, -0.15) is 0 Å². The van der Waals surface area contributed by atoms with Crippen molar-refractivity contribution in [3.8, 4) is 0 Å². The summed E-state index contributed by atoms with van der Waals surface area (Å²) in [7, 11) is 12.1. The maximum absolute atomic E-state index is 2.50. The lowest BCUT2D eigenvalue weighted by atomic mass is 8.57. The Balaban J connectivity index is 2.41. The highest BCUT2D eigenvalue weighted by atomic mass is 127. The molecule has 0 amide bonds. The molecule has 0 nitrogen and oxygen atoms in total. The lowest BCUT2D eigenvalue weighted by Gasteiger charge is -2.24. The lowest BCUT2D eigenvalue weighted by Crippen LogP contribution is -2.63. The van der Waals surface area contributed by atoms with Gasteiger partial charge < -0.3 is 0 Å². The molecule has 0 aromatic heterocycles. The first-order valence-electron chi connectivity index (χ1n) is 7.55. The predicted octanol–water partition coefficient (Wildman–Crippen LogP) is -3.59. The molecule has 0 radical (unpaired) electrons. The molecule has 0 aromatic rings. The van der Waals surface area contributed by atoms with E-state index in [1.54, 1.807) is 0 Å². The van der Waals surface area contributed by atoms with Gasteiger partial charge in [0.1, 0.15) is 0 Å². The average Bonchev–Trinajstić information content (AvgIpc) is 2.97. The third-order valence-electron chi connectivity index (χ3n) is 4.86. The molecule has 1 unspecified atom stereocenters. The smallest absolute Gasteiger partial charge is 0.0864 e. The Labute approximate surface area is 129 Å². The van der Waals surface area contributed by atoms with Crippen LogP contribution >= 0.6 is 22.6 Å². The fraction of sp³-hybridized carbons (Fsp3) is 1.00. The van der Waals surface area contributed by atoms with Crippen LogP contribution in [0.25, 0.3) is 0 Å².